The molecule has 0 aliphatic rings. The molecule has 0 spiro atoms. The summed E-state index contributed by atoms with van der Waals surface area (Å²) < 4.78 is 22.6. The highest BCUT2D eigenvalue weighted by molar-refractivity contribution is 7.47. The van der Waals surface area contributed by atoms with Gasteiger partial charge in [-0.25, -0.2) is 9.55 Å². The predicted octanol–water partition coefficient (Wildman–Crippen LogP) is -1.81. The number of nitrogens with two attached hydrogens (primary N) is 1. The van der Waals surface area contributed by atoms with Gasteiger partial charge in [-0.05, 0) is 6.42 Å². The number of aliphatic hydroxyl groups is 3. The number of imidazole rings is 1. The molecule has 2 aromatic heterocycles. The number of aliphatic hydroxyl groups excluding tert-OH is 3. The summed E-state index contributed by atoms with van der Waals surface area (Å²) in [6, 6.07) is 0. The number of nitrogens with zero attached hydrogens (tertiary/aromatic N) is 3. The molecule has 0 radical (unpaired) electrons. The van der Waals surface area contributed by atoms with E-state index < -0.39 is 38.6 Å². The Kier molecular flexibility index (Phi) is 7.44. The molecular formula is C13H22N5O8P. The first kappa shape index (κ1) is 21.4. The van der Waals surface area contributed by atoms with Gasteiger partial charge in [-0.1, -0.05) is 0 Å². The summed E-state index contributed by atoms with van der Waals surface area (Å²) in [4.78, 5) is 31.6. The topological polar surface area (TPSA) is 206 Å². The molecule has 0 fully saturated rings. The van der Waals surface area contributed by atoms with Crippen LogP contribution in [0.25, 0.3) is 11.2 Å². The van der Waals surface area contributed by atoms with Crippen LogP contribution >= 0.6 is 7.82 Å². The van der Waals surface area contributed by atoms with E-state index in [1.165, 1.54) is 6.33 Å². The fourth-order valence-corrected chi connectivity index (χ4v) is 2.99. The van der Waals surface area contributed by atoms with E-state index in [9.17, 15) is 19.4 Å². The second-order valence-electron chi connectivity index (χ2n) is 5.80. The van der Waals surface area contributed by atoms with E-state index in [2.05, 4.69) is 19.5 Å². The number of phosphoric ester groups is 1. The normalized spacial score (nSPS) is 16.3. The molecule has 27 heavy (non-hydrogen) atoms. The quantitative estimate of drug-likeness (QED) is 0.229. The van der Waals surface area contributed by atoms with Crippen LogP contribution in [0.2, 0.25) is 0 Å². The molecule has 3 atom stereocenters. The third-order valence-electron chi connectivity index (χ3n) is 3.64. The molecule has 13 nitrogen and oxygen atoms in total. The number of hydrogen-bond donors (Lipinski definition) is 6. The van der Waals surface area contributed by atoms with Crippen molar-refractivity contribution in [3.8, 4) is 0 Å². The maximum atomic E-state index is 11.7. The molecule has 1 unspecified atom stereocenters. The van der Waals surface area contributed by atoms with Crippen molar-refractivity contribution in [1.82, 2.24) is 19.5 Å². The molecule has 0 amide bonds. The molecule has 2 heterocycles. The molecular weight excluding hydrogens is 385 g/mol. The highest BCUT2D eigenvalue weighted by Crippen LogP contribution is 2.43. The van der Waals surface area contributed by atoms with Crippen LogP contribution in [0.4, 0.5) is 5.95 Å². The van der Waals surface area contributed by atoms with Gasteiger partial charge in [0.1, 0.15) is 6.10 Å². The maximum absolute atomic E-state index is 11.7. The van der Waals surface area contributed by atoms with E-state index in [4.69, 9.17) is 20.5 Å². The van der Waals surface area contributed by atoms with Gasteiger partial charge in [0.05, 0.1) is 26.1 Å². The van der Waals surface area contributed by atoms with Crippen LogP contribution in [0.3, 0.4) is 0 Å². The Morgan fingerprint density at radius 2 is 2.00 bits per heavy atom. The highest BCUT2D eigenvalue weighted by atomic mass is 31.2. The van der Waals surface area contributed by atoms with Crippen molar-refractivity contribution in [2.75, 3.05) is 32.2 Å². The number of H-pyrrole nitrogens is 1. The van der Waals surface area contributed by atoms with Crippen molar-refractivity contribution < 1.29 is 33.8 Å². The smallest absolute Gasteiger partial charge is 0.396 e. The lowest BCUT2D eigenvalue weighted by molar-refractivity contribution is 0.0318. The second-order valence-corrected chi connectivity index (χ2v) is 7.25. The lowest BCUT2D eigenvalue weighted by atomic mass is 10.1. The third kappa shape index (κ3) is 6.07. The average Bonchev–Trinajstić information content (AvgIpc) is 3.03. The van der Waals surface area contributed by atoms with E-state index in [1.54, 1.807) is 4.57 Å². The minimum absolute atomic E-state index is 0.0558. The zero-order chi connectivity index (χ0) is 20.0. The summed E-state index contributed by atoms with van der Waals surface area (Å²) in [6.45, 7) is -1.53. The number of aryl methyl sites for hydroxylation is 1. The van der Waals surface area contributed by atoms with Crippen molar-refractivity contribution in [3.05, 3.63) is 16.7 Å². The SMILES string of the molecule is Nc1nc2c(ncn2CC[C@H](CO)COP(=O)(O)OC[C@H](O)CO)c(=O)[nH]1. The summed E-state index contributed by atoms with van der Waals surface area (Å²) in [5, 5.41) is 27.2. The first-order valence-electron chi connectivity index (χ1n) is 7.98. The van der Waals surface area contributed by atoms with Gasteiger partial charge in [0.15, 0.2) is 11.2 Å². The van der Waals surface area contributed by atoms with E-state index in [0.29, 0.717) is 13.0 Å². The number of anilines is 1. The molecule has 0 aliphatic heterocycles. The lowest BCUT2D eigenvalue weighted by Gasteiger charge is -2.18. The largest absolute Gasteiger partial charge is 0.472 e. The maximum Gasteiger partial charge on any atom is 0.472 e. The van der Waals surface area contributed by atoms with Gasteiger partial charge in [0.25, 0.3) is 5.56 Å². The Labute approximate surface area is 153 Å². The molecule has 0 saturated carbocycles. The molecule has 0 saturated heterocycles. The second kappa shape index (κ2) is 9.37. The third-order valence-corrected chi connectivity index (χ3v) is 4.59. The summed E-state index contributed by atoms with van der Waals surface area (Å²) >= 11 is 0. The van der Waals surface area contributed by atoms with Crippen molar-refractivity contribution in [1.29, 1.82) is 0 Å². The van der Waals surface area contributed by atoms with E-state index in [0.717, 1.165) is 0 Å². The van der Waals surface area contributed by atoms with Gasteiger partial charge in [-0.15, -0.1) is 0 Å². The fourth-order valence-electron chi connectivity index (χ4n) is 2.15. The number of nitrogen functional groups attached to an aromatic ring is 1. The molecule has 0 bridgehead atoms. The van der Waals surface area contributed by atoms with Crippen molar-refractivity contribution in [2.45, 2.75) is 19.1 Å². The van der Waals surface area contributed by atoms with Crippen molar-refractivity contribution in [3.63, 3.8) is 0 Å². The fraction of sp³-hybridized carbons (Fsp3) is 0.615. The lowest BCUT2D eigenvalue weighted by Crippen LogP contribution is -2.20. The molecule has 0 aliphatic carbocycles. The molecule has 2 aromatic rings. The minimum Gasteiger partial charge on any atom is -0.396 e. The van der Waals surface area contributed by atoms with Gasteiger partial charge < -0.3 is 30.5 Å². The van der Waals surface area contributed by atoms with Crippen LogP contribution in [-0.2, 0) is 20.2 Å². The Balaban J connectivity index is 1.92. The molecule has 14 heteroatoms. The van der Waals surface area contributed by atoms with E-state index in [-0.39, 0.29) is 30.3 Å². The number of aromatic amines is 1. The number of phosphoric acid groups is 1. The van der Waals surface area contributed by atoms with E-state index >= 15 is 0 Å². The summed E-state index contributed by atoms with van der Waals surface area (Å²) in [5.74, 6) is -0.576. The molecule has 152 valence electrons. The molecule has 0 aromatic carbocycles. The zero-order valence-corrected chi connectivity index (χ0v) is 15.2. The first-order chi connectivity index (χ1) is 12.8. The Morgan fingerprint density at radius 1 is 1.30 bits per heavy atom. The Hall–Kier alpha value is -1.86. The molecule has 7 N–H and O–H groups in total. The monoisotopic (exact) mass is 407 g/mol. The number of hydrogen-bond acceptors (Lipinski definition) is 10. The van der Waals surface area contributed by atoms with Gasteiger partial charge in [-0.2, -0.15) is 4.98 Å². The molecule has 2 rings (SSSR count). The first-order valence-corrected chi connectivity index (χ1v) is 9.47. The van der Waals surface area contributed by atoms with Crippen molar-refractivity contribution >= 4 is 24.9 Å². The van der Waals surface area contributed by atoms with Gasteiger partial charge in [0, 0.05) is 19.1 Å². The number of rotatable bonds is 11. The van der Waals surface area contributed by atoms with Crippen LogP contribution < -0.4 is 11.3 Å². The van der Waals surface area contributed by atoms with Gasteiger partial charge >= 0.3 is 7.82 Å². The standard InChI is InChI=1S/C13H22N5O8P/c14-13-16-11-10(12(22)17-13)15-7-18(11)2-1-8(3-19)5-25-27(23,24)26-6-9(21)4-20/h7-9,19-21H,1-6H2,(H,23,24)(H3,14,16,17,22)/t8-,9-/m1/s1. The average molecular weight is 407 g/mol. The summed E-state index contributed by atoms with van der Waals surface area (Å²) in [6.07, 6.45) is 0.411. The van der Waals surface area contributed by atoms with Gasteiger partial charge in [-0.3, -0.25) is 18.8 Å². The Morgan fingerprint density at radius 3 is 2.67 bits per heavy atom. The zero-order valence-electron chi connectivity index (χ0n) is 14.3. The van der Waals surface area contributed by atoms with Crippen LogP contribution in [0.1, 0.15) is 6.42 Å². The minimum atomic E-state index is -4.44. The van der Waals surface area contributed by atoms with Crippen LogP contribution in [0.5, 0.6) is 0 Å². The van der Waals surface area contributed by atoms with Crippen molar-refractivity contribution in [2.24, 2.45) is 5.92 Å². The summed E-state index contributed by atoms with van der Waals surface area (Å²) in [7, 11) is -4.44. The Bertz CT molecular complexity index is 855. The van der Waals surface area contributed by atoms with Crippen LogP contribution in [0.15, 0.2) is 11.1 Å². The number of fused-ring (bicyclic) bond motifs is 1. The van der Waals surface area contributed by atoms with Crippen LogP contribution in [-0.4, -0.2) is 72.3 Å². The number of aromatic nitrogens is 4. The summed E-state index contributed by atoms with van der Waals surface area (Å²) in [5.41, 5.74) is 5.45. The number of nitrogens with one attached hydrogen (secondary N) is 1. The van der Waals surface area contributed by atoms with Gasteiger partial charge in [0.2, 0.25) is 5.95 Å². The van der Waals surface area contributed by atoms with Crippen LogP contribution in [0, 0.1) is 5.92 Å². The predicted molar refractivity (Wildman–Crippen MR) is 92.6 cm³/mol. The van der Waals surface area contributed by atoms with E-state index in [1.807, 2.05) is 0 Å². The highest BCUT2D eigenvalue weighted by Gasteiger charge is 2.24.